The van der Waals surface area contributed by atoms with Crippen LogP contribution in [0.15, 0.2) is 36.4 Å². The first-order valence-electron chi connectivity index (χ1n) is 13.6. The molecule has 0 bridgehead atoms. The average Bonchev–Trinajstić information content (AvgIpc) is 2.96. The number of phenolic OH excluding ortho intramolecular Hbond substituents is 2. The van der Waals surface area contributed by atoms with Gasteiger partial charge in [-0.15, -0.1) is 0 Å². The molecule has 40 heavy (non-hydrogen) atoms. The third-order valence-electron chi connectivity index (χ3n) is 8.68. The molecule has 214 valence electrons. The molecule has 3 nitrogen and oxygen atoms in total. The third-order valence-corrected chi connectivity index (χ3v) is 8.68. The molecule has 2 N–H and O–H groups in total. The Kier molecular flexibility index (Phi) is 8.31. The molecule has 0 atom stereocenters. The van der Waals surface area contributed by atoms with Crippen molar-refractivity contribution in [1.82, 2.24) is 0 Å². The van der Waals surface area contributed by atoms with E-state index in [4.69, 9.17) is 4.74 Å². The lowest BCUT2D eigenvalue weighted by atomic mass is 9.69. The number of phenols is 2. The second-order valence-corrected chi connectivity index (χ2v) is 10.9. The first kappa shape index (κ1) is 28.3. The monoisotopic (exact) mass is 564 g/mol. The summed E-state index contributed by atoms with van der Waals surface area (Å²) < 4.78 is 91.3. The zero-order valence-corrected chi connectivity index (χ0v) is 21.7. The fourth-order valence-corrected chi connectivity index (χ4v) is 6.36. The highest BCUT2D eigenvalue weighted by Gasteiger charge is 2.33. The number of ether oxygens (including phenoxy) is 1. The van der Waals surface area contributed by atoms with Gasteiger partial charge in [-0.05, 0) is 92.9 Å². The van der Waals surface area contributed by atoms with Crippen molar-refractivity contribution >= 4 is 0 Å². The van der Waals surface area contributed by atoms with Crippen LogP contribution in [0.4, 0.5) is 26.3 Å². The Labute approximate surface area is 228 Å². The Balaban J connectivity index is 1.12. The van der Waals surface area contributed by atoms with Crippen LogP contribution in [0.5, 0.6) is 11.5 Å². The second-order valence-electron chi connectivity index (χ2n) is 10.9. The summed E-state index contributed by atoms with van der Waals surface area (Å²) >= 11 is 0. The summed E-state index contributed by atoms with van der Waals surface area (Å²) in [5.74, 6) is -8.38. The first-order valence-corrected chi connectivity index (χ1v) is 13.6. The van der Waals surface area contributed by atoms with E-state index in [0.29, 0.717) is 17.4 Å². The molecule has 2 aliphatic rings. The van der Waals surface area contributed by atoms with Gasteiger partial charge in [0, 0.05) is 16.7 Å². The maximum Gasteiger partial charge on any atom is 0.200 e. The van der Waals surface area contributed by atoms with Gasteiger partial charge in [-0.3, -0.25) is 0 Å². The summed E-state index contributed by atoms with van der Waals surface area (Å²) in [4.78, 5) is 0. The van der Waals surface area contributed by atoms with E-state index in [2.05, 4.69) is 0 Å². The SMILES string of the molecule is Oc1ccc(-c2ccc(COC3CCC(C4CCC(c5ccc(O)c(F)c5F)CC4)CC3)c(F)c2F)c(F)c1F. The Morgan fingerprint density at radius 2 is 1.05 bits per heavy atom. The van der Waals surface area contributed by atoms with Crippen molar-refractivity contribution in [2.45, 2.75) is 70.0 Å². The molecule has 2 fully saturated rings. The molecule has 0 heterocycles. The van der Waals surface area contributed by atoms with Gasteiger partial charge in [-0.2, -0.15) is 8.78 Å². The molecule has 0 amide bonds. The number of benzene rings is 3. The van der Waals surface area contributed by atoms with E-state index >= 15 is 0 Å². The zero-order chi connectivity index (χ0) is 28.6. The molecule has 2 aliphatic carbocycles. The number of hydrogen-bond acceptors (Lipinski definition) is 3. The van der Waals surface area contributed by atoms with E-state index in [1.807, 2.05) is 0 Å². The van der Waals surface area contributed by atoms with Gasteiger partial charge in [-0.1, -0.05) is 18.2 Å². The minimum atomic E-state index is -1.53. The van der Waals surface area contributed by atoms with Crippen molar-refractivity contribution in [1.29, 1.82) is 0 Å². The van der Waals surface area contributed by atoms with Crippen LogP contribution in [0.1, 0.15) is 68.4 Å². The molecule has 0 aliphatic heterocycles. The topological polar surface area (TPSA) is 49.7 Å². The van der Waals surface area contributed by atoms with Gasteiger partial charge in [0.15, 0.2) is 34.8 Å². The first-order chi connectivity index (χ1) is 19.2. The van der Waals surface area contributed by atoms with Crippen molar-refractivity contribution in [3.8, 4) is 22.6 Å². The van der Waals surface area contributed by atoms with Crippen molar-refractivity contribution in [3.05, 3.63) is 82.4 Å². The molecule has 3 aromatic carbocycles. The van der Waals surface area contributed by atoms with Crippen molar-refractivity contribution < 1.29 is 41.3 Å². The van der Waals surface area contributed by atoms with Gasteiger partial charge < -0.3 is 14.9 Å². The fraction of sp³-hybridized carbons (Fsp3) is 0.419. The van der Waals surface area contributed by atoms with Crippen LogP contribution < -0.4 is 0 Å². The minimum Gasteiger partial charge on any atom is -0.505 e. The standard InChI is InChI=1S/C31H30F6O3/c32-26-19(7-10-22(28(26)34)23-12-14-25(39)31(37)29(23)35)15-40-20-8-5-17(6-9-20)16-1-3-18(4-2-16)21-11-13-24(38)30(36)27(21)33/h7,10-14,16-18,20,38-39H,1-6,8-9,15H2. The van der Waals surface area contributed by atoms with Crippen LogP contribution in [0.3, 0.4) is 0 Å². The van der Waals surface area contributed by atoms with Crippen LogP contribution >= 0.6 is 0 Å². The van der Waals surface area contributed by atoms with E-state index in [1.54, 1.807) is 0 Å². The second kappa shape index (κ2) is 11.7. The molecular weight excluding hydrogens is 534 g/mol. The molecule has 0 saturated heterocycles. The Morgan fingerprint density at radius 3 is 1.68 bits per heavy atom. The van der Waals surface area contributed by atoms with Crippen molar-refractivity contribution in [2.75, 3.05) is 0 Å². The van der Waals surface area contributed by atoms with Gasteiger partial charge in [0.2, 0.25) is 11.6 Å². The highest BCUT2D eigenvalue weighted by molar-refractivity contribution is 5.66. The van der Waals surface area contributed by atoms with E-state index < -0.39 is 57.5 Å². The van der Waals surface area contributed by atoms with Gasteiger partial charge in [0.25, 0.3) is 0 Å². The summed E-state index contributed by atoms with van der Waals surface area (Å²) in [6.07, 6.45) is 6.58. The van der Waals surface area contributed by atoms with E-state index in [9.17, 15) is 36.6 Å². The molecule has 3 aromatic rings. The minimum absolute atomic E-state index is 0.0285. The smallest absolute Gasteiger partial charge is 0.200 e. The number of aromatic hydroxyl groups is 2. The highest BCUT2D eigenvalue weighted by Crippen LogP contribution is 2.44. The predicted octanol–water partition coefficient (Wildman–Crippen LogP) is 8.65. The lowest BCUT2D eigenvalue weighted by Gasteiger charge is -2.38. The Morgan fingerprint density at radius 1 is 0.550 bits per heavy atom. The van der Waals surface area contributed by atoms with E-state index in [1.165, 1.54) is 18.2 Å². The molecule has 0 aromatic heterocycles. The summed E-state index contributed by atoms with van der Waals surface area (Å²) in [5.41, 5.74) is -0.653. The van der Waals surface area contributed by atoms with Crippen LogP contribution in [0, 0.1) is 46.7 Å². The lowest BCUT2D eigenvalue weighted by Crippen LogP contribution is -2.28. The zero-order valence-electron chi connectivity index (χ0n) is 21.7. The molecule has 0 radical (unpaired) electrons. The van der Waals surface area contributed by atoms with Gasteiger partial charge >= 0.3 is 0 Å². The summed E-state index contributed by atoms with van der Waals surface area (Å²) in [6.45, 7) is -0.162. The molecule has 0 unspecified atom stereocenters. The predicted molar refractivity (Wildman–Crippen MR) is 137 cm³/mol. The number of rotatable bonds is 6. The Bertz CT molecular complexity index is 1380. The van der Waals surface area contributed by atoms with Gasteiger partial charge in [-0.25, -0.2) is 17.6 Å². The van der Waals surface area contributed by atoms with Crippen molar-refractivity contribution in [2.24, 2.45) is 11.8 Å². The molecule has 2 saturated carbocycles. The van der Waals surface area contributed by atoms with Crippen LogP contribution in [-0.4, -0.2) is 16.3 Å². The largest absolute Gasteiger partial charge is 0.505 e. The van der Waals surface area contributed by atoms with Crippen LogP contribution in [0.2, 0.25) is 0 Å². The Hall–Kier alpha value is -3.20. The summed E-state index contributed by atoms with van der Waals surface area (Å²) in [5, 5.41) is 18.6. The maximum absolute atomic E-state index is 14.8. The average molecular weight is 565 g/mol. The van der Waals surface area contributed by atoms with E-state index in [0.717, 1.165) is 69.6 Å². The summed E-state index contributed by atoms with van der Waals surface area (Å²) in [6, 6.07) is 6.97. The fourth-order valence-electron chi connectivity index (χ4n) is 6.36. The van der Waals surface area contributed by atoms with Gasteiger partial charge in [0.05, 0.1) is 12.7 Å². The summed E-state index contributed by atoms with van der Waals surface area (Å²) in [7, 11) is 0. The highest BCUT2D eigenvalue weighted by atomic mass is 19.2. The quantitative estimate of drug-likeness (QED) is 0.295. The number of hydrogen-bond donors (Lipinski definition) is 2. The number of halogens is 6. The van der Waals surface area contributed by atoms with Crippen LogP contribution in [-0.2, 0) is 11.3 Å². The van der Waals surface area contributed by atoms with Crippen LogP contribution in [0.25, 0.3) is 11.1 Å². The van der Waals surface area contributed by atoms with Crippen molar-refractivity contribution in [3.63, 3.8) is 0 Å². The normalized spacial score (nSPS) is 23.4. The van der Waals surface area contributed by atoms with E-state index in [-0.39, 0.29) is 24.2 Å². The molecule has 0 spiro atoms. The molecule has 5 rings (SSSR count). The molecular formula is C31H30F6O3. The third kappa shape index (κ3) is 5.53. The van der Waals surface area contributed by atoms with Gasteiger partial charge in [0.1, 0.15) is 0 Å². The maximum atomic E-state index is 14.8. The molecule has 9 heteroatoms. The lowest BCUT2D eigenvalue weighted by molar-refractivity contribution is -0.00322.